The summed E-state index contributed by atoms with van der Waals surface area (Å²) in [6.07, 6.45) is 4.32. The van der Waals surface area contributed by atoms with Gasteiger partial charge < -0.3 is 5.32 Å². The molecule has 8 heteroatoms. The number of nitrogens with one attached hydrogen (secondary N) is 3. The Labute approximate surface area is 143 Å². The van der Waals surface area contributed by atoms with Gasteiger partial charge in [0.15, 0.2) is 0 Å². The van der Waals surface area contributed by atoms with Gasteiger partial charge in [-0.15, -0.1) is 0 Å². The summed E-state index contributed by atoms with van der Waals surface area (Å²) < 4.78 is 0. The van der Waals surface area contributed by atoms with Crippen LogP contribution in [0.5, 0.6) is 0 Å². The number of aromatic nitrogens is 2. The van der Waals surface area contributed by atoms with Crippen LogP contribution in [0.3, 0.4) is 0 Å². The van der Waals surface area contributed by atoms with Gasteiger partial charge in [-0.25, -0.2) is 4.79 Å². The number of hydrogen-bond donors (Lipinski definition) is 3. The van der Waals surface area contributed by atoms with Crippen molar-refractivity contribution in [3.63, 3.8) is 0 Å². The van der Waals surface area contributed by atoms with Crippen LogP contribution in [0.4, 0.5) is 10.5 Å². The zero-order valence-electron chi connectivity index (χ0n) is 13.4. The van der Waals surface area contributed by atoms with Crippen LogP contribution in [0.2, 0.25) is 0 Å². The summed E-state index contributed by atoms with van der Waals surface area (Å²) in [6, 6.07) is 6.30. The lowest BCUT2D eigenvalue weighted by Crippen LogP contribution is -2.38. The Morgan fingerprint density at radius 3 is 2.76 bits per heavy atom. The number of benzene rings is 1. The molecule has 25 heavy (non-hydrogen) atoms. The van der Waals surface area contributed by atoms with Crippen molar-refractivity contribution in [2.24, 2.45) is 0 Å². The quantitative estimate of drug-likeness (QED) is 0.717. The lowest BCUT2D eigenvalue weighted by atomic mass is 9.93. The molecule has 0 saturated carbocycles. The molecule has 2 aliphatic rings. The van der Waals surface area contributed by atoms with E-state index in [1.807, 2.05) is 6.20 Å². The number of nitrogens with zero attached hydrogens (tertiary/aromatic N) is 2. The van der Waals surface area contributed by atoms with E-state index in [1.54, 1.807) is 24.3 Å². The number of H-pyrrole nitrogens is 1. The first-order valence-corrected chi connectivity index (χ1v) is 8.13. The Bertz CT molecular complexity index is 842. The van der Waals surface area contributed by atoms with E-state index in [1.165, 1.54) is 4.90 Å². The minimum Gasteiger partial charge on any atom is -0.349 e. The summed E-state index contributed by atoms with van der Waals surface area (Å²) in [4.78, 5) is 36.7. The van der Waals surface area contributed by atoms with Crippen molar-refractivity contribution in [3.8, 4) is 0 Å². The molecule has 1 aliphatic heterocycles. The average Bonchev–Trinajstić information content (AvgIpc) is 3.20. The Morgan fingerprint density at radius 2 is 2.04 bits per heavy atom. The number of carbonyl (C=O) groups is 3. The Balaban J connectivity index is 1.41. The summed E-state index contributed by atoms with van der Waals surface area (Å²) in [5, 5.41) is 12.3. The van der Waals surface area contributed by atoms with E-state index in [0.717, 1.165) is 30.5 Å². The van der Waals surface area contributed by atoms with E-state index in [4.69, 9.17) is 0 Å². The highest BCUT2D eigenvalue weighted by molar-refractivity contribution is 6.12. The molecule has 1 aliphatic carbocycles. The maximum absolute atomic E-state index is 12.4. The predicted molar refractivity (Wildman–Crippen MR) is 89.2 cm³/mol. The molecule has 0 bridgehead atoms. The van der Waals surface area contributed by atoms with Gasteiger partial charge in [0.2, 0.25) is 5.91 Å². The van der Waals surface area contributed by atoms with E-state index in [9.17, 15) is 14.4 Å². The fourth-order valence-electron chi connectivity index (χ4n) is 3.25. The van der Waals surface area contributed by atoms with Gasteiger partial charge in [-0.2, -0.15) is 5.10 Å². The van der Waals surface area contributed by atoms with Crippen molar-refractivity contribution >= 4 is 23.5 Å². The maximum Gasteiger partial charge on any atom is 0.329 e. The monoisotopic (exact) mass is 339 g/mol. The highest BCUT2D eigenvalue weighted by Gasteiger charge is 2.28. The largest absolute Gasteiger partial charge is 0.349 e. The van der Waals surface area contributed by atoms with Crippen molar-refractivity contribution < 1.29 is 14.4 Å². The van der Waals surface area contributed by atoms with Crippen LogP contribution in [0.25, 0.3) is 0 Å². The van der Waals surface area contributed by atoms with Crippen molar-refractivity contribution in [1.82, 2.24) is 20.8 Å². The second-order valence-electron chi connectivity index (χ2n) is 6.27. The molecule has 2 aromatic rings. The van der Waals surface area contributed by atoms with Gasteiger partial charge in [0, 0.05) is 23.0 Å². The van der Waals surface area contributed by atoms with Crippen LogP contribution in [-0.4, -0.2) is 40.6 Å². The summed E-state index contributed by atoms with van der Waals surface area (Å²) in [5.74, 6) is -0.479. The standard InChI is InChI=1S/C17H17N5O3/c23-15-9-22(17(25)20-15)13-4-1-10(2-5-13)16(24)19-12-3-6-14-11(7-12)8-18-21-14/h1-2,4-5,8,12H,3,6-7,9H2,(H,18,21)(H,19,24)(H,20,23,25). The van der Waals surface area contributed by atoms with Crippen molar-refractivity contribution in [3.05, 3.63) is 47.3 Å². The lowest BCUT2D eigenvalue weighted by molar-refractivity contribution is -0.117. The van der Waals surface area contributed by atoms with Crippen molar-refractivity contribution in [2.45, 2.75) is 25.3 Å². The van der Waals surface area contributed by atoms with Gasteiger partial charge in [0.25, 0.3) is 5.91 Å². The summed E-state index contributed by atoms with van der Waals surface area (Å²) in [6.45, 7) is -0.000512. The zero-order valence-corrected chi connectivity index (χ0v) is 13.4. The molecular formula is C17H17N5O3. The molecule has 1 saturated heterocycles. The first kappa shape index (κ1) is 15.4. The van der Waals surface area contributed by atoms with Crippen LogP contribution in [0.1, 0.15) is 28.0 Å². The van der Waals surface area contributed by atoms with E-state index in [0.29, 0.717) is 11.3 Å². The molecule has 1 unspecified atom stereocenters. The first-order valence-electron chi connectivity index (χ1n) is 8.13. The smallest absolute Gasteiger partial charge is 0.329 e. The normalized spacial score (nSPS) is 19.5. The molecule has 1 aromatic carbocycles. The number of fused-ring (bicyclic) bond motifs is 1. The predicted octanol–water partition coefficient (Wildman–Crippen LogP) is 0.753. The number of amides is 4. The number of hydrogen-bond acceptors (Lipinski definition) is 4. The number of carbonyl (C=O) groups excluding carboxylic acids is 3. The molecule has 4 amide bonds. The number of anilines is 1. The number of aryl methyl sites for hydroxylation is 1. The van der Waals surface area contributed by atoms with Crippen LogP contribution in [0, 0.1) is 0 Å². The first-order chi connectivity index (χ1) is 12.1. The van der Waals surface area contributed by atoms with Gasteiger partial charge in [0.1, 0.15) is 6.54 Å². The molecule has 128 valence electrons. The summed E-state index contributed by atoms with van der Waals surface area (Å²) >= 11 is 0. The number of urea groups is 1. The second-order valence-corrected chi connectivity index (χ2v) is 6.27. The highest BCUT2D eigenvalue weighted by atomic mass is 16.2. The molecule has 1 atom stereocenters. The fraction of sp³-hybridized carbons (Fsp3) is 0.294. The highest BCUT2D eigenvalue weighted by Crippen LogP contribution is 2.20. The lowest BCUT2D eigenvalue weighted by Gasteiger charge is -2.23. The third kappa shape index (κ3) is 2.98. The molecule has 0 radical (unpaired) electrons. The minimum absolute atomic E-state index is 0.000512. The molecule has 1 fully saturated rings. The molecule has 1 aromatic heterocycles. The zero-order chi connectivity index (χ0) is 17.4. The average molecular weight is 339 g/mol. The molecule has 8 nitrogen and oxygen atoms in total. The summed E-state index contributed by atoms with van der Waals surface area (Å²) in [5.41, 5.74) is 3.40. The number of imide groups is 1. The molecule has 4 rings (SSSR count). The van der Waals surface area contributed by atoms with Crippen molar-refractivity contribution in [2.75, 3.05) is 11.4 Å². The van der Waals surface area contributed by atoms with Gasteiger partial charge >= 0.3 is 6.03 Å². The van der Waals surface area contributed by atoms with Gasteiger partial charge in [0.05, 0.1) is 6.20 Å². The van der Waals surface area contributed by atoms with Crippen molar-refractivity contribution in [1.29, 1.82) is 0 Å². The van der Waals surface area contributed by atoms with Gasteiger partial charge in [-0.05, 0) is 49.1 Å². The molecule has 2 heterocycles. The SMILES string of the molecule is O=C1CN(c2ccc(C(=O)NC3CCc4[nH]ncc4C3)cc2)C(=O)N1. The Hall–Kier alpha value is -3.16. The fourth-order valence-corrected chi connectivity index (χ4v) is 3.25. The van der Waals surface area contributed by atoms with E-state index >= 15 is 0 Å². The van der Waals surface area contributed by atoms with Crippen LogP contribution in [-0.2, 0) is 17.6 Å². The third-order valence-corrected chi connectivity index (χ3v) is 4.59. The van der Waals surface area contributed by atoms with Gasteiger partial charge in [-0.3, -0.25) is 24.9 Å². The van der Waals surface area contributed by atoms with E-state index < -0.39 is 6.03 Å². The maximum atomic E-state index is 12.4. The molecule has 0 spiro atoms. The third-order valence-electron chi connectivity index (χ3n) is 4.59. The minimum atomic E-state index is -0.444. The Morgan fingerprint density at radius 1 is 1.24 bits per heavy atom. The summed E-state index contributed by atoms with van der Waals surface area (Å²) in [7, 11) is 0. The topological polar surface area (TPSA) is 107 Å². The molecule has 3 N–H and O–H groups in total. The van der Waals surface area contributed by atoms with Crippen LogP contribution < -0.4 is 15.5 Å². The van der Waals surface area contributed by atoms with E-state index in [-0.39, 0.29) is 24.4 Å². The number of rotatable bonds is 3. The van der Waals surface area contributed by atoms with Gasteiger partial charge in [-0.1, -0.05) is 0 Å². The van der Waals surface area contributed by atoms with E-state index in [2.05, 4.69) is 20.8 Å². The molecular weight excluding hydrogens is 322 g/mol. The second kappa shape index (κ2) is 6.04. The Kier molecular flexibility index (Phi) is 3.72. The number of aromatic amines is 1. The van der Waals surface area contributed by atoms with Crippen LogP contribution in [0.15, 0.2) is 30.5 Å². The van der Waals surface area contributed by atoms with Crippen LogP contribution >= 0.6 is 0 Å².